The zero-order valence-corrected chi connectivity index (χ0v) is 16.3. The number of carbonyl (C=O) groups excluding carboxylic acids is 2. The van der Waals surface area contributed by atoms with E-state index in [1.54, 1.807) is 18.2 Å². The zero-order chi connectivity index (χ0) is 22.1. The minimum absolute atomic E-state index is 0.0463. The molecule has 2 N–H and O–H groups in total. The molecule has 0 aliphatic heterocycles. The lowest BCUT2D eigenvalue weighted by Gasteiger charge is -2.10. The van der Waals surface area contributed by atoms with Crippen LogP contribution >= 0.6 is 0 Å². The molecule has 31 heavy (non-hydrogen) atoms. The first kappa shape index (κ1) is 21.3. The van der Waals surface area contributed by atoms with E-state index in [0.29, 0.717) is 12.4 Å². The monoisotopic (exact) mass is 421 g/mol. The minimum atomic E-state index is -0.678. The van der Waals surface area contributed by atoms with Gasteiger partial charge in [-0.05, 0) is 36.4 Å². The second-order valence-corrected chi connectivity index (χ2v) is 6.25. The first-order valence-corrected chi connectivity index (χ1v) is 9.29. The molecule has 0 aliphatic carbocycles. The number of benzene rings is 3. The Labute approximate surface area is 177 Å². The van der Waals surface area contributed by atoms with Crippen LogP contribution in [-0.2, 0) is 0 Å². The van der Waals surface area contributed by atoms with E-state index in [1.807, 2.05) is 30.3 Å². The van der Waals surface area contributed by atoms with E-state index in [9.17, 15) is 19.7 Å². The van der Waals surface area contributed by atoms with E-state index in [0.717, 1.165) is 11.8 Å². The van der Waals surface area contributed by atoms with Gasteiger partial charge in [-0.2, -0.15) is 0 Å². The first-order valence-electron chi connectivity index (χ1n) is 9.29. The highest BCUT2D eigenvalue weighted by atomic mass is 16.6. The van der Waals surface area contributed by atoms with Crippen LogP contribution in [0.4, 0.5) is 5.69 Å². The molecule has 9 nitrogen and oxygen atoms in total. The predicted octanol–water partition coefficient (Wildman–Crippen LogP) is 3.13. The Kier molecular flexibility index (Phi) is 7.15. The first-order chi connectivity index (χ1) is 15.0. The van der Waals surface area contributed by atoms with E-state index < -0.39 is 16.7 Å². The Morgan fingerprint density at radius 1 is 0.742 bits per heavy atom. The molecule has 3 rings (SSSR count). The second-order valence-electron chi connectivity index (χ2n) is 6.25. The maximum absolute atomic E-state index is 12.3. The van der Waals surface area contributed by atoms with Crippen LogP contribution in [0, 0.1) is 10.1 Å². The van der Waals surface area contributed by atoms with Crippen molar-refractivity contribution < 1.29 is 24.0 Å². The lowest BCUT2D eigenvalue weighted by atomic mass is 10.2. The summed E-state index contributed by atoms with van der Waals surface area (Å²) in [6.07, 6.45) is 0. The van der Waals surface area contributed by atoms with Crippen molar-refractivity contribution in [3.8, 4) is 11.5 Å². The summed E-state index contributed by atoms with van der Waals surface area (Å²) in [5.41, 5.74) is 4.59. The summed E-state index contributed by atoms with van der Waals surface area (Å²) in [6.45, 7) is 0.614. The third kappa shape index (κ3) is 6.29. The lowest BCUT2D eigenvalue weighted by Crippen LogP contribution is -2.41. The third-order valence-electron chi connectivity index (χ3n) is 4.07. The molecule has 0 atom stereocenters. The number of non-ortho nitro benzene ring substituents is 1. The highest BCUT2D eigenvalue weighted by molar-refractivity contribution is 5.99. The molecule has 0 aromatic heterocycles. The summed E-state index contributed by atoms with van der Waals surface area (Å²) in [4.78, 5) is 34.6. The fourth-order valence-electron chi connectivity index (χ4n) is 2.58. The fraction of sp³-hybridized carbons (Fsp3) is 0.0909. The molecular weight excluding hydrogens is 402 g/mol. The van der Waals surface area contributed by atoms with Crippen molar-refractivity contribution >= 4 is 17.5 Å². The maximum atomic E-state index is 12.3. The Hall–Kier alpha value is -4.40. The van der Waals surface area contributed by atoms with Crippen molar-refractivity contribution in [3.63, 3.8) is 0 Å². The van der Waals surface area contributed by atoms with Crippen molar-refractivity contribution in [1.82, 2.24) is 10.9 Å². The lowest BCUT2D eigenvalue weighted by molar-refractivity contribution is -0.384. The molecule has 0 unspecified atom stereocenters. The van der Waals surface area contributed by atoms with Crippen LogP contribution < -0.4 is 20.3 Å². The number of para-hydroxylation sites is 1. The molecular formula is C22H19N3O6. The van der Waals surface area contributed by atoms with Gasteiger partial charge in [0, 0.05) is 23.3 Å². The number of ether oxygens (including phenoxy) is 2. The van der Waals surface area contributed by atoms with Gasteiger partial charge in [0.25, 0.3) is 17.5 Å². The summed E-state index contributed by atoms with van der Waals surface area (Å²) >= 11 is 0. The van der Waals surface area contributed by atoms with Crippen LogP contribution in [0.15, 0.2) is 78.9 Å². The molecule has 2 amide bonds. The molecule has 3 aromatic carbocycles. The largest absolute Gasteiger partial charge is 0.490 e. The van der Waals surface area contributed by atoms with Crippen molar-refractivity contribution in [1.29, 1.82) is 0 Å². The van der Waals surface area contributed by atoms with Gasteiger partial charge in [0.2, 0.25) is 0 Å². The van der Waals surface area contributed by atoms with Crippen molar-refractivity contribution in [2.75, 3.05) is 13.2 Å². The summed E-state index contributed by atoms with van der Waals surface area (Å²) in [5.74, 6) is -0.0414. The number of amides is 2. The molecule has 0 aliphatic rings. The van der Waals surface area contributed by atoms with E-state index in [1.165, 1.54) is 24.3 Å². The van der Waals surface area contributed by atoms with E-state index in [-0.39, 0.29) is 23.4 Å². The molecule has 0 fully saturated rings. The number of carbonyl (C=O) groups is 2. The van der Waals surface area contributed by atoms with Crippen LogP contribution in [0.2, 0.25) is 0 Å². The van der Waals surface area contributed by atoms with Crippen LogP contribution in [0.5, 0.6) is 11.5 Å². The zero-order valence-electron chi connectivity index (χ0n) is 16.3. The van der Waals surface area contributed by atoms with Crippen LogP contribution in [-0.4, -0.2) is 30.0 Å². The average Bonchev–Trinajstić information content (AvgIpc) is 2.81. The van der Waals surface area contributed by atoms with Crippen LogP contribution in [0.3, 0.4) is 0 Å². The molecule has 0 radical (unpaired) electrons. The van der Waals surface area contributed by atoms with Gasteiger partial charge in [-0.3, -0.25) is 30.6 Å². The van der Waals surface area contributed by atoms with Gasteiger partial charge in [-0.1, -0.05) is 30.3 Å². The molecule has 9 heteroatoms. The van der Waals surface area contributed by atoms with Crippen LogP contribution in [0.1, 0.15) is 20.7 Å². The van der Waals surface area contributed by atoms with Crippen LogP contribution in [0.25, 0.3) is 0 Å². The average molecular weight is 421 g/mol. The highest BCUT2D eigenvalue weighted by Crippen LogP contribution is 2.15. The summed E-state index contributed by atoms with van der Waals surface area (Å²) in [7, 11) is 0. The Morgan fingerprint density at radius 3 is 1.94 bits per heavy atom. The summed E-state index contributed by atoms with van der Waals surface area (Å²) in [5, 5.41) is 10.8. The smallest absolute Gasteiger partial charge is 0.270 e. The van der Waals surface area contributed by atoms with E-state index in [2.05, 4.69) is 10.9 Å². The number of nitrogens with zero attached hydrogens (tertiary/aromatic N) is 1. The number of rotatable bonds is 8. The van der Waals surface area contributed by atoms with Gasteiger partial charge in [0.05, 0.1) is 4.92 Å². The van der Waals surface area contributed by atoms with E-state index >= 15 is 0 Å². The second kappa shape index (κ2) is 10.4. The molecule has 0 spiro atoms. The number of hydrogen-bond acceptors (Lipinski definition) is 6. The third-order valence-corrected chi connectivity index (χ3v) is 4.07. The molecule has 0 saturated carbocycles. The number of nitrogens with one attached hydrogen (secondary N) is 2. The molecule has 0 heterocycles. The Morgan fingerprint density at radius 2 is 1.29 bits per heavy atom. The van der Waals surface area contributed by atoms with Crippen molar-refractivity contribution in [2.24, 2.45) is 0 Å². The number of hydrazine groups is 1. The van der Waals surface area contributed by atoms with E-state index in [4.69, 9.17) is 9.47 Å². The van der Waals surface area contributed by atoms with Gasteiger partial charge >= 0.3 is 0 Å². The number of nitro groups is 1. The number of nitro benzene ring substituents is 1. The van der Waals surface area contributed by atoms with Gasteiger partial charge in [0.15, 0.2) is 0 Å². The van der Waals surface area contributed by atoms with Crippen molar-refractivity contribution in [2.45, 2.75) is 0 Å². The van der Waals surface area contributed by atoms with Gasteiger partial charge in [-0.15, -0.1) is 0 Å². The summed E-state index contributed by atoms with van der Waals surface area (Å²) < 4.78 is 11.1. The maximum Gasteiger partial charge on any atom is 0.270 e. The number of hydrogen-bond donors (Lipinski definition) is 2. The highest BCUT2D eigenvalue weighted by Gasteiger charge is 2.13. The molecule has 0 saturated heterocycles. The topological polar surface area (TPSA) is 120 Å². The molecule has 3 aromatic rings. The molecule has 0 bridgehead atoms. The quantitative estimate of drug-likeness (QED) is 0.328. The van der Waals surface area contributed by atoms with Gasteiger partial charge < -0.3 is 9.47 Å². The summed E-state index contributed by atoms with van der Waals surface area (Å²) in [6, 6.07) is 20.9. The SMILES string of the molecule is O=C(NNC(=O)c1cccc([N+](=O)[O-])c1)c1cccc(OCCOc2ccccc2)c1. The standard InChI is InChI=1S/C22H19N3O6/c26-21(16-6-4-8-18(14-16)25(28)29)23-24-22(27)17-7-5-11-20(15-17)31-13-12-30-19-9-2-1-3-10-19/h1-11,14-15H,12-13H2,(H,23,26)(H,24,27). The minimum Gasteiger partial charge on any atom is -0.490 e. The Balaban J connectivity index is 1.49. The van der Waals surface area contributed by atoms with Crippen molar-refractivity contribution in [3.05, 3.63) is 100 Å². The van der Waals surface area contributed by atoms with Gasteiger partial charge in [-0.25, -0.2) is 0 Å². The predicted molar refractivity (Wildman–Crippen MR) is 112 cm³/mol. The molecule has 158 valence electrons. The normalized spacial score (nSPS) is 10.1. The van der Waals surface area contributed by atoms with Gasteiger partial charge in [0.1, 0.15) is 24.7 Å². The fourth-order valence-corrected chi connectivity index (χ4v) is 2.58. The Bertz CT molecular complexity index is 1070.